The number of ether oxygens (including phenoxy) is 2. The molecule has 0 bridgehead atoms. The number of piperidine rings is 1. The van der Waals surface area contributed by atoms with E-state index in [9.17, 15) is 0 Å². The van der Waals surface area contributed by atoms with Crippen molar-refractivity contribution < 1.29 is 15.0 Å². The normalized spacial score (nSPS) is 24.4. The predicted octanol–water partition coefficient (Wildman–Crippen LogP) is 5.24. The molecule has 1 fully saturated rings. The molecule has 28 heavy (non-hydrogen) atoms. The minimum absolute atomic E-state index is 0.0793. The standard InChI is InChI=1S/C21H34ClN3O2Si/c1-16-7-6-8-24(13-16)14-17-11-18-19(22)12-23-21(26-2)20(18)25(17)15-27-9-10-28(3,4)5/h11-12,16H,6-10,13-15H2,1-5H3/i8D2,13D2. The van der Waals surface area contributed by atoms with Crippen LogP contribution in [0.1, 0.15) is 30.9 Å². The molecular weight excluding hydrogens is 390 g/mol. The van der Waals surface area contributed by atoms with Crippen LogP contribution in [-0.2, 0) is 18.0 Å². The van der Waals surface area contributed by atoms with Gasteiger partial charge in [0.1, 0.15) is 12.2 Å². The van der Waals surface area contributed by atoms with Crippen LogP contribution in [0.15, 0.2) is 12.3 Å². The zero-order chi connectivity index (χ0) is 23.9. The monoisotopic (exact) mass is 427 g/mol. The van der Waals surface area contributed by atoms with Crippen LogP contribution in [0.3, 0.4) is 0 Å². The molecule has 2 aromatic rings. The number of hydrogen-bond donors (Lipinski definition) is 0. The highest BCUT2D eigenvalue weighted by atomic mass is 35.5. The molecule has 7 heteroatoms. The SMILES string of the molecule is [2H]C1([2H])CCC(C)C([2H])([2H])N1Cc1cc2c(Cl)cnc(OC)c2n1COCC[Si](C)(C)C. The molecule has 5 nitrogen and oxygen atoms in total. The van der Waals surface area contributed by atoms with E-state index in [4.69, 9.17) is 26.6 Å². The number of aromatic nitrogens is 2. The number of likely N-dealkylation sites (tertiary alicyclic amines) is 1. The summed E-state index contributed by atoms with van der Waals surface area (Å²) in [5.41, 5.74) is 1.39. The summed E-state index contributed by atoms with van der Waals surface area (Å²) >= 11 is 6.44. The van der Waals surface area contributed by atoms with Gasteiger partial charge in [-0.1, -0.05) is 38.2 Å². The van der Waals surface area contributed by atoms with E-state index in [1.54, 1.807) is 7.11 Å². The van der Waals surface area contributed by atoms with Gasteiger partial charge in [-0.2, -0.15) is 0 Å². The molecule has 1 aliphatic heterocycles. The number of pyridine rings is 1. The van der Waals surface area contributed by atoms with Gasteiger partial charge in [0.15, 0.2) is 0 Å². The fraction of sp³-hybridized carbons (Fsp3) is 0.667. The number of nitrogens with zero attached hydrogens (tertiary/aromatic N) is 3. The molecule has 0 spiro atoms. The molecule has 1 atom stereocenters. The van der Waals surface area contributed by atoms with E-state index in [0.717, 1.165) is 11.4 Å². The van der Waals surface area contributed by atoms with Crippen molar-refractivity contribution in [3.8, 4) is 5.88 Å². The van der Waals surface area contributed by atoms with Crippen LogP contribution in [0.5, 0.6) is 5.88 Å². The number of methoxy groups -OCH3 is 1. The van der Waals surface area contributed by atoms with E-state index in [1.165, 1.54) is 11.1 Å². The van der Waals surface area contributed by atoms with Crippen LogP contribution < -0.4 is 4.74 Å². The van der Waals surface area contributed by atoms with Crippen LogP contribution in [0.4, 0.5) is 0 Å². The van der Waals surface area contributed by atoms with Crippen molar-refractivity contribution in [2.24, 2.45) is 5.92 Å². The molecule has 0 N–H and O–H groups in total. The van der Waals surface area contributed by atoms with E-state index in [2.05, 4.69) is 24.6 Å². The zero-order valence-electron chi connectivity index (χ0n) is 21.5. The smallest absolute Gasteiger partial charge is 0.238 e. The molecule has 1 aliphatic rings. The second-order valence-corrected chi connectivity index (χ2v) is 14.6. The lowest BCUT2D eigenvalue weighted by molar-refractivity contribution is 0.0846. The van der Waals surface area contributed by atoms with E-state index >= 15 is 0 Å². The summed E-state index contributed by atoms with van der Waals surface area (Å²) in [5.74, 6) is 0.124. The maximum absolute atomic E-state index is 8.61. The van der Waals surface area contributed by atoms with Crippen molar-refractivity contribution in [2.45, 2.75) is 58.7 Å². The number of fused-ring (bicyclic) bond motifs is 1. The first-order valence-corrected chi connectivity index (χ1v) is 13.9. The summed E-state index contributed by atoms with van der Waals surface area (Å²) in [7, 11) is 0.290. The van der Waals surface area contributed by atoms with Crippen LogP contribution in [0, 0.1) is 5.92 Å². The van der Waals surface area contributed by atoms with Gasteiger partial charge in [-0.3, -0.25) is 4.90 Å². The molecule has 1 saturated heterocycles. The maximum atomic E-state index is 8.61. The van der Waals surface area contributed by atoms with Crippen molar-refractivity contribution in [1.29, 1.82) is 0 Å². The average Bonchev–Trinajstić information content (AvgIpc) is 3.05. The predicted molar refractivity (Wildman–Crippen MR) is 119 cm³/mol. The molecule has 0 aliphatic carbocycles. The molecule has 3 rings (SSSR count). The third-order valence-electron chi connectivity index (χ3n) is 4.92. The van der Waals surface area contributed by atoms with E-state index < -0.39 is 21.1 Å². The number of hydrogen-bond acceptors (Lipinski definition) is 4. The lowest BCUT2D eigenvalue weighted by Gasteiger charge is -2.31. The maximum Gasteiger partial charge on any atom is 0.238 e. The van der Waals surface area contributed by atoms with Gasteiger partial charge >= 0.3 is 0 Å². The van der Waals surface area contributed by atoms with Gasteiger partial charge in [-0.15, -0.1) is 0 Å². The van der Waals surface area contributed by atoms with Crippen LogP contribution in [-0.4, -0.2) is 49.2 Å². The van der Waals surface area contributed by atoms with Crippen molar-refractivity contribution >= 4 is 30.6 Å². The summed E-state index contributed by atoms with van der Waals surface area (Å²) in [6.07, 6.45) is 2.32. The van der Waals surface area contributed by atoms with E-state index in [1.807, 2.05) is 17.6 Å². The minimum atomic E-state index is -1.78. The molecular formula is C21H34ClN3O2Si. The van der Waals surface area contributed by atoms with Gasteiger partial charge in [0.2, 0.25) is 5.88 Å². The topological polar surface area (TPSA) is 39.5 Å². The largest absolute Gasteiger partial charge is 0.479 e. The van der Waals surface area contributed by atoms with Gasteiger partial charge in [0, 0.05) is 44.3 Å². The third kappa shape index (κ3) is 5.29. The van der Waals surface area contributed by atoms with Crippen LogP contribution in [0.25, 0.3) is 10.9 Å². The molecule has 0 saturated carbocycles. The highest BCUT2D eigenvalue weighted by Crippen LogP contribution is 2.33. The highest BCUT2D eigenvalue weighted by molar-refractivity contribution is 6.76. The first-order valence-electron chi connectivity index (χ1n) is 11.8. The van der Waals surface area contributed by atoms with Gasteiger partial charge in [0.25, 0.3) is 0 Å². The first kappa shape index (κ1) is 16.7. The molecule has 0 aromatic carbocycles. The third-order valence-corrected chi connectivity index (χ3v) is 6.93. The molecule has 0 amide bonds. The number of halogens is 1. The molecule has 0 radical (unpaired) electrons. The van der Waals surface area contributed by atoms with E-state index in [0.29, 0.717) is 35.1 Å². The van der Waals surface area contributed by atoms with Crippen molar-refractivity contribution in [2.75, 3.05) is 26.7 Å². The van der Waals surface area contributed by atoms with Gasteiger partial charge < -0.3 is 14.0 Å². The Bertz CT molecular complexity index is 965. The van der Waals surface area contributed by atoms with E-state index in [-0.39, 0.29) is 25.6 Å². The van der Waals surface area contributed by atoms with Crippen molar-refractivity contribution in [3.63, 3.8) is 0 Å². The lowest BCUT2D eigenvalue weighted by Crippen LogP contribution is -2.34. The summed E-state index contributed by atoms with van der Waals surface area (Å²) in [6, 6.07) is 2.89. The Morgan fingerprint density at radius 3 is 2.89 bits per heavy atom. The Morgan fingerprint density at radius 2 is 2.18 bits per heavy atom. The fourth-order valence-corrected chi connectivity index (χ4v) is 4.23. The van der Waals surface area contributed by atoms with Gasteiger partial charge in [-0.25, -0.2) is 4.98 Å². The number of rotatable bonds is 8. The second kappa shape index (κ2) is 9.16. The molecule has 156 valence electrons. The zero-order valence-corrected chi connectivity index (χ0v) is 19.3. The van der Waals surface area contributed by atoms with Gasteiger partial charge in [-0.05, 0) is 37.4 Å². The van der Waals surface area contributed by atoms with Crippen LogP contribution >= 0.6 is 11.6 Å². The molecule has 2 aromatic heterocycles. The van der Waals surface area contributed by atoms with Crippen molar-refractivity contribution in [1.82, 2.24) is 14.5 Å². The highest BCUT2D eigenvalue weighted by Gasteiger charge is 2.22. The second-order valence-electron chi connectivity index (χ2n) is 8.60. The minimum Gasteiger partial charge on any atom is -0.479 e. The quantitative estimate of drug-likeness (QED) is 0.426. The Kier molecular flexibility index (Phi) is 5.46. The average molecular weight is 428 g/mol. The lowest BCUT2D eigenvalue weighted by atomic mass is 10.0. The first-order chi connectivity index (χ1) is 14.8. The Morgan fingerprint density at radius 1 is 1.39 bits per heavy atom. The Balaban J connectivity index is 2.02. The van der Waals surface area contributed by atoms with Crippen LogP contribution in [0.2, 0.25) is 30.7 Å². The Labute approximate surface area is 180 Å². The Hall–Kier alpha value is -1.08. The summed E-state index contributed by atoms with van der Waals surface area (Å²) in [4.78, 5) is 5.63. The summed E-state index contributed by atoms with van der Waals surface area (Å²) in [5, 5.41) is 1.19. The summed E-state index contributed by atoms with van der Waals surface area (Å²) in [6.45, 7) is 6.10. The van der Waals surface area contributed by atoms with Crippen molar-refractivity contribution in [3.05, 3.63) is 23.0 Å². The fourth-order valence-electron chi connectivity index (χ4n) is 3.28. The van der Waals surface area contributed by atoms with Gasteiger partial charge in [0.05, 0.1) is 18.3 Å². The molecule has 3 heterocycles. The molecule has 1 unspecified atom stereocenters. The summed E-state index contributed by atoms with van der Waals surface area (Å²) < 4.78 is 47.6.